The first-order valence-corrected chi connectivity index (χ1v) is 9.14. The standard InChI is InChI=1S/C21H26N2O3/c1-15-3-7-19(11-16(15)2)25-10-9-20(24)22-12-18-6-8-21(23-13-18)26-14-17-4-5-17/h3,6-8,11,13,17H,4-5,9-10,12,14H2,1-2H3,(H,22,24). The van der Waals surface area contributed by atoms with Gasteiger partial charge in [-0.2, -0.15) is 0 Å². The molecule has 0 spiro atoms. The van der Waals surface area contributed by atoms with E-state index in [0.717, 1.165) is 17.9 Å². The number of hydrogen-bond acceptors (Lipinski definition) is 4. The van der Waals surface area contributed by atoms with Crippen LogP contribution in [0.25, 0.3) is 0 Å². The summed E-state index contributed by atoms with van der Waals surface area (Å²) < 4.78 is 11.2. The van der Waals surface area contributed by atoms with E-state index in [1.54, 1.807) is 6.20 Å². The van der Waals surface area contributed by atoms with E-state index in [4.69, 9.17) is 9.47 Å². The fourth-order valence-electron chi connectivity index (χ4n) is 2.44. The van der Waals surface area contributed by atoms with Crippen LogP contribution >= 0.6 is 0 Å². The summed E-state index contributed by atoms with van der Waals surface area (Å²) in [5, 5.41) is 2.89. The Labute approximate surface area is 154 Å². The fourth-order valence-corrected chi connectivity index (χ4v) is 2.44. The SMILES string of the molecule is Cc1ccc(OCCC(=O)NCc2ccc(OCC3CC3)nc2)cc1C. The Kier molecular flexibility index (Phi) is 6.10. The molecule has 3 rings (SSSR count). The third-order valence-electron chi connectivity index (χ3n) is 4.53. The van der Waals surface area contributed by atoms with E-state index >= 15 is 0 Å². The average molecular weight is 354 g/mol. The van der Waals surface area contributed by atoms with E-state index in [1.165, 1.54) is 24.0 Å². The molecule has 1 saturated carbocycles. The quantitative estimate of drug-likeness (QED) is 0.748. The number of aromatic nitrogens is 1. The molecule has 26 heavy (non-hydrogen) atoms. The van der Waals surface area contributed by atoms with Crippen molar-refractivity contribution in [2.45, 2.75) is 39.7 Å². The van der Waals surface area contributed by atoms with E-state index in [0.29, 0.717) is 31.4 Å². The highest BCUT2D eigenvalue weighted by molar-refractivity contribution is 5.75. The van der Waals surface area contributed by atoms with Gasteiger partial charge in [-0.15, -0.1) is 0 Å². The molecule has 2 aromatic rings. The first-order chi connectivity index (χ1) is 12.6. The van der Waals surface area contributed by atoms with Crippen LogP contribution in [0, 0.1) is 19.8 Å². The number of hydrogen-bond donors (Lipinski definition) is 1. The minimum absolute atomic E-state index is 0.0390. The van der Waals surface area contributed by atoms with Crippen LogP contribution < -0.4 is 14.8 Å². The van der Waals surface area contributed by atoms with Crippen molar-refractivity contribution in [2.24, 2.45) is 5.92 Å². The van der Waals surface area contributed by atoms with Gasteiger partial charge in [0.15, 0.2) is 0 Å². The lowest BCUT2D eigenvalue weighted by Crippen LogP contribution is -2.24. The smallest absolute Gasteiger partial charge is 0.223 e. The van der Waals surface area contributed by atoms with Gasteiger partial charge in [0.25, 0.3) is 0 Å². The van der Waals surface area contributed by atoms with Gasteiger partial charge in [0, 0.05) is 18.8 Å². The number of pyridine rings is 1. The molecule has 0 atom stereocenters. The predicted octanol–water partition coefficient (Wildman–Crippen LogP) is 3.57. The summed E-state index contributed by atoms with van der Waals surface area (Å²) >= 11 is 0. The summed E-state index contributed by atoms with van der Waals surface area (Å²) in [6.45, 7) is 5.68. The molecule has 1 heterocycles. The molecular weight excluding hydrogens is 328 g/mol. The number of carbonyl (C=O) groups is 1. The van der Waals surface area contributed by atoms with Crippen molar-refractivity contribution in [1.29, 1.82) is 0 Å². The molecule has 1 fully saturated rings. The molecule has 1 amide bonds. The normalized spacial score (nSPS) is 13.3. The second kappa shape index (κ2) is 8.70. The van der Waals surface area contributed by atoms with Crippen LogP contribution in [-0.2, 0) is 11.3 Å². The molecule has 5 heteroatoms. The molecule has 0 bridgehead atoms. The van der Waals surface area contributed by atoms with Gasteiger partial charge in [0.05, 0.1) is 19.6 Å². The minimum Gasteiger partial charge on any atom is -0.493 e. The summed E-state index contributed by atoms with van der Waals surface area (Å²) in [6, 6.07) is 9.73. The van der Waals surface area contributed by atoms with Gasteiger partial charge >= 0.3 is 0 Å². The molecule has 1 aromatic carbocycles. The van der Waals surface area contributed by atoms with E-state index in [2.05, 4.69) is 17.2 Å². The van der Waals surface area contributed by atoms with E-state index < -0.39 is 0 Å². The Morgan fingerprint density at radius 2 is 2.00 bits per heavy atom. The van der Waals surface area contributed by atoms with E-state index in [9.17, 15) is 4.79 Å². The third-order valence-corrected chi connectivity index (χ3v) is 4.53. The first-order valence-electron chi connectivity index (χ1n) is 9.14. The summed E-state index contributed by atoms with van der Waals surface area (Å²) in [4.78, 5) is 16.2. The number of nitrogens with one attached hydrogen (secondary N) is 1. The molecule has 1 aliphatic carbocycles. The molecule has 1 N–H and O–H groups in total. The summed E-state index contributed by atoms with van der Waals surface area (Å²) in [5.74, 6) is 2.12. The van der Waals surface area contributed by atoms with Gasteiger partial charge in [-0.1, -0.05) is 12.1 Å². The molecule has 138 valence electrons. The number of carbonyl (C=O) groups excluding carboxylic acids is 1. The van der Waals surface area contributed by atoms with Crippen molar-refractivity contribution >= 4 is 5.91 Å². The maximum atomic E-state index is 11.9. The van der Waals surface area contributed by atoms with Crippen LogP contribution in [0.1, 0.15) is 36.0 Å². The largest absolute Gasteiger partial charge is 0.493 e. The summed E-state index contributed by atoms with van der Waals surface area (Å²) in [7, 11) is 0. The highest BCUT2D eigenvalue weighted by Crippen LogP contribution is 2.29. The van der Waals surface area contributed by atoms with Gasteiger partial charge < -0.3 is 14.8 Å². The van der Waals surface area contributed by atoms with Gasteiger partial charge in [-0.25, -0.2) is 4.98 Å². The molecule has 1 aliphatic rings. The highest BCUT2D eigenvalue weighted by atomic mass is 16.5. The molecule has 0 radical (unpaired) electrons. The van der Waals surface area contributed by atoms with Gasteiger partial charge in [0.1, 0.15) is 5.75 Å². The first kappa shape index (κ1) is 18.2. The molecule has 1 aromatic heterocycles. The van der Waals surface area contributed by atoms with Crippen LogP contribution in [0.5, 0.6) is 11.6 Å². The average Bonchev–Trinajstić information content (AvgIpc) is 3.46. The Morgan fingerprint density at radius 3 is 2.69 bits per heavy atom. The van der Waals surface area contributed by atoms with Gasteiger partial charge in [0.2, 0.25) is 11.8 Å². The lowest BCUT2D eigenvalue weighted by atomic mass is 10.1. The van der Waals surface area contributed by atoms with Crippen LogP contribution in [0.15, 0.2) is 36.5 Å². The van der Waals surface area contributed by atoms with Gasteiger partial charge in [-0.05, 0) is 61.4 Å². The van der Waals surface area contributed by atoms with Crippen molar-refractivity contribution in [3.63, 3.8) is 0 Å². The van der Waals surface area contributed by atoms with Crippen LogP contribution in [0.3, 0.4) is 0 Å². The zero-order valence-electron chi connectivity index (χ0n) is 15.5. The monoisotopic (exact) mass is 354 g/mol. The molecule has 0 unspecified atom stereocenters. The van der Waals surface area contributed by atoms with Crippen molar-refractivity contribution in [2.75, 3.05) is 13.2 Å². The number of aryl methyl sites for hydroxylation is 2. The highest BCUT2D eigenvalue weighted by Gasteiger charge is 2.22. The van der Waals surface area contributed by atoms with Crippen molar-refractivity contribution in [1.82, 2.24) is 10.3 Å². The second-order valence-electron chi connectivity index (χ2n) is 6.88. The predicted molar refractivity (Wildman–Crippen MR) is 100 cm³/mol. The Bertz CT molecular complexity index is 739. The fraction of sp³-hybridized carbons (Fsp3) is 0.429. The summed E-state index contributed by atoms with van der Waals surface area (Å²) in [6.07, 6.45) is 4.59. The maximum Gasteiger partial charge on any atom is 0.223 e. The third kappa shape index (κ3) is 5.76. The molecule has 0 aliphatic heterocycles. The molecule has 5 nitrogen and oxygen atoms in total. The second-order valence-corrected chi connectivity index (χ2v) is 6.88. The van der Waals surface area contributed by atoms with E-state index in [1.807, 2.05) is 37.3 Å². The molecule has 0 saturated heterocycles. The maximum absolute atomic E-state index is 11.9. The number of benzene rings is 1. The lowest BCUT2D eigenvalue weighted by Gasteiger charge is -2.09. The Hall–Kier alpha value is -2.56. The number of rotatable bonds is 9. The Balaban J connectivity index is 1.34. The van der Waals surface area contributed by atoms with Crippen LogP contribution in [0.4, 0.5) is 0 Å². The number of nitrogens with zero attached hydrogens (tertiary/aromatic N) is 1. The van der Waals surface area contributed by atoms with Crippen LogP contribution in [-0.4, -0.2) is 24.1 Å². The number of amides is 1. The Morgan fingerprint density at radius 1 is 1.15 bits per heavy atom. The van der Waals surface area contributed by atoms with E-state index in [-0.39, 0.29) is 5.91 Å². The topological polar surface area (TPSA) is 60.5 Å². The number of ether oxygens (including phenoxy) is 2. The van der Waals surface area contributed by atoms with Gasteiger partial charge in [-0.3, -0.25) is 4.79 Å². The zero-order valence-corrected chi connectivity index (χ0v) is 15.5. The van der Waals surface area contributed by atoms with Crippen LogP contribution in [0.2, 0.25) is 0 Å². The lowest BCUT2D eigenvalue weighted by molar-refractivity contribution is -0.121. The summed E-state index contributed by atoms with van der Waals surface area (Å²) in [5.41, 5.74) is 3.36. The van der Waals surface area contributed by atoms with Crippen molar-refractivity contribution < 1.29 is 14.3 Å². The van der Waals surface area contributed by atoms with Crippen molar-refractivity contribution in [3.8, 4) is 11.6 Å². The zero-order chi connectivity index (χ0) is 18.4. The minimum atomic E-state index is -0.0390. The van der Waals surface area contributed by atoms with Crippen molar-refractivity contribution in [3.05, 3.63) is 53.2 Å². The molecular formula is C21H26N2O3.